The fraction of sp³-hybridized carbons (Fsp3) is 0.432. The molecule has 6 aromatic rings. The lowest BCUT2D eigenvalue weighted by molar-refractivity contribution is -0.142. The summed E-state index contributed by atoms with van der Waals surface area (Å²) in [7, 11) is 1.63. The number of H-pyrrole nitrogens is 1. The van der Waals surface area contributed by atoms with Gasteiger partial charge in [-0.1, -0.05) is 151 Å². The molecule has 0 radical (unpaired) electrons. The van der Waals surface area contributed by atoms with Gasteiger partial charge in [-0.15, -0.1) is 0 Å². The largest absolute Gasteiger partial charge is 0.508 e. The molecule has 0 saturated carbocycles. The number of carbonyl (C=O) groups is 14. The minimum atomic E-state index is -1.96. The Kier molecular flexibility index (Phi) is 36.2. The summed E-state index contributed by atoms with van der Waals surface area (Å²) in [5.41, 5.74) is 16.2. The number of carboxylic acids is 1. The number of aromatic nitrogens is 1. The number of nitrogens with one attached hydrogen (secondary N) is 15. The van der Waals surface area contributed by atoms with Gasteiger partial charge in [-0.3, -0.25) is 62.3 Å². The number of para-hydroxylation sites is 1. The van der Waals surface area contributed by atoms with Crippen LogP contribution in [0, 0.1) is 0 Å². The first-order valence-electron chi connectivity index (χ1n) is 38.9. The van der Waals surface area contributed by atoms with Crippen LogP contribution in [0.15, 0.2) is 140 Å². The number of phenols is 1. The minimum Gasteiger partial charge on any atom is -0.508 e. The van der Waals surface area contributed by atoms with Crippen LogP contribution >= 0.6 is 21.6 Å². The van der Waals surface area contributed by atoms with E-state index >= 15 is 24.0 Å². The molecule has 0 unspecified atom stereocenters. The number of carbonyl (C=O) groups excluding carboxylic acids is 13. The van der Waals surface area contributed by atoms with Crippen molar-refractivity contribution in [2.24, 2.45) is 11.5 Å². The van der Waals surface area contributed by atoms with Crippen molar-refractivity contribution in [3.05, 3.63) is 173 Å². The first kappa shape index (κ1) is 92.0. The third-order valence-corrected chi connectivity index (χ3v) is 21.9. The third kappa shape index (κ3) is 29.3. The Hall–Kier alpha value is -11.5. The van der Waals surface area contributed by atoms with Gasteiger partial charge in [0.05, 0.1) is 25.3 Å². The summed E-state index contributed by atoms with van der Waals surface area (Å²) >= 11 is 0. The van der Waals surface area contributed by atoms with Crippen LogP contribution in [-0.4, -0.2) is 231 Å². The molecule has 2 aliphatic heterocycles. The van der Waals surface area contributed by atoms with Crippen molar-refractivity contribution in [1.29, 1.82) is 0 Å². The number of hydrogen-bond donors (Lipinski definition) is 21. The van der Waals surface area contributed by atoms with Crippen molar-refractivity contribution in [2.75, 3.05) is 37.7 Å². The molecule has 23 N–H and O–H groups in total. The normalized spacial score (nSPS) is 23.4. The van der Waals surface area contributed by atoms with Crippen LogP contribution in [-0.2, 0) is 106 Å². The van der Waals surface area contributed by atoms with Crippen LogP contribution in [0.4, 0.5) is 0 Å². The number of aromatic hydroxyl groups is 1. The summed E-state index contributed by atoms with van der Waals surface area (Å²) in [6.45, 7) is 3.29. The average Bonchev–Trinajstić information content (AvgIpc) is 1.62. The van der Waals surface area contributed by atoms with E-state index < -0.39 is 206 Å². The molecule has 13 amide bonds. The van der Waals surface area contributed by atoms with E-state index in [1.807, 2.05) is 13.8 Å². The molecule has 2 fully saturated rings. The average molecular weight is 1670 g/mol. The molecule has 3 heterocycles. The maximum absolute atomic E-state index is 15.6. The number of aromatic amines is 1. The first-order chi connectivity index (χ1) is 56.5. The summed E-state index contributed by atoms with van der Waals surface area (Å²) < 4.78 is 0. The molecule has 35 nitrogen and oxygen atoms in total. The Morgan fingerprint density at radius 3 is 1.61 bits per heavy atom. The maximum Gasteiger partial charge on any atom is 0.327 e. The van der Waals surface area contributed by atoms with Gasteiger partial charge in [-0.25, -0.2) is 4.79 Å². The first-order valence-corrected chi connectivity index (χ1v) is 41.3. The summed E-state index contributed by atoms with van der Waals surface area (Å²) in [6.07, 6.45) is -2.84. The van der Waals surface area contributed by atoms with Crippen molar-refractivity contribution >= 4 is 115 Å². The summed E-state index contributed by atoms with van der Waals surface area (Å²) in [5.74, 6) is -16.0. The molecule has 634 valence electrons. The van der Waals surface area contributed by atoms with E-state index in [1.54, 1.807) is 115 Å². The fourth-order valence-electron chi connectivity index (χ4n) is 12.8. The van der Waals surface area contributed by atoms with Crippen LogP contribution in [0.1, 0.15) is 92.7 Å². The summed E-state index contributed by atoms with van der Waals surface area (Å²) in [4.78, 5) is 209. The number of fused-ring (bicyclic) bond motifs is 11. The van der Waals surface area contributed by atoms with Crippen molar-refractivity contribution in [1.82, 2.24) is 79.4 Å². The molecule has 37 heteroatoms. The van der Waals surface area contributed by atoms with E-state index in [-0.39, 0.29) is 69.0 Å². The zero-order valence-electron chi connectivity index (χ0n) is 65.6. The molecule has 2 aliphatic rings. The van der Waals surface area contributed by atoms with Crippen molar-refractivity contribution < 1.29 is 87.5 Å². The van der Waals surface area contributed by atoms with Gasteiger partial charge in [0.15, 0.2) is 0 Å². The predicted molar refractivity (Wildman–Crippen MR) is 440 cm³/mol. The third-order valence-electron chi connectivity index (χ3n) is 19.5. The predicted octanol–water partition coefficient (Wildman–Crippen LogP) is -2.06. The lowest BCUT2D eigenvalue weighted by Gasteiger charge is -2.29. The van der Waals surface area contributed by atoms with Gasteiger partial charge in [0, 0.05) is 79.8 Å². The number of hydrogen-bond acceptors (Lipinski definition) is 22. The van der Waals surface area contributed by atoms with Gasteiger partial charge < -0.3 is 111 Å². The van der Waals surface area contributed by atoms with Crippen LogP contribution < -0.4 is 85.9 Å². The Labute approximate surface area is 689 Å². The number of unbranched alkanes of at least 4 members (excludes halogenated alkanes) is 1. The number of nitrogens with two attached hydrogens (primary N) is 2. The highest BCUT2D eigenvalue weighted by Gasteiger charge is 2.39. The summed E-state index contributed by atoms with van der Waals surface area (Å²) in [5, 5.41) is 80.1. The van der Waals surface area contributed by atoms with Crippen molar-refractivity contribution in [3.63, 3.8) is 0 Å². The lowest BCUT2D eigenvalue weighted by atomic mass is 9.99. The second-order valence-electron chi connectivity index (χ2n) is 29.1. The monoisotopic (exact) mass is 1670 g/mol. The minimum absolute atomic E-state index is 0.0622. The Balaban J connectivity index is 1.26. The number of aliphatic hydroxyl groups excluding tert-OH is 2. The standard InChI is InChI=1S/C81H105N17O18S2/c1-45(2)85-39-51-23-21-50(22-24-51)37-62-77(111)98-69(46(3)100)80(114)94-61(36-48-16-8-5-9-17-48)75(109)90-59-31-33-84-68(103)41-87-67(102)30-29-58(72(106)93-63(76(110)92-62)38-52-40-86-56-19-11-10-18-54(52)56)89-74(108)60(35-47-14-6-4-7-15-47)91-71(105)57(20-12-13-32-82)88-79(113)65(96-70(104)55(83)34-49-25-27-53(101)28-26-49)43-117-118-44-66(81(115)116)97-78(112)64(42-99)95-73(59)107/h4-11,14-19,21-28,40,45-46,55,57-66,69,85-86,99-101H,12-13,20,29-39,41-44,82-83H2,1-3H3,(H,84,103)(H,87,102)(H,88,113)(H,89,108)(H,90,109)(H,91,105)(H,92,110)(H,93,106)(H,94,114)(H,95,107)(H,96,104)(H,97,112)(H,98,111)(H,115,116)/t46-,55+,57+,58+,59+,60+,61+,62+,63-,64+,65+,66+,69-/m1/s1. The summed E-state index contributed by atoms with van der Waals surface area (Å²) in [6, 6.07) is 16.0. The number of aliphatic hydroxyl groups is 2. The second kappa shape index (κ2) is 46.5. The second-order valence-corrected chi connectivity index (χ2v) is 31.7. The van der Waals surface area contributed by atoms with E-state index in [1.165, 1.54) is 31.2 Å². The lowest BCUT2D eigenvalue weighted by Crippen LogP contribution is -2.63. The molecule has 0 spiro atoms. The quantitative estimate of drug-likeness (QED) is 0.0257. The molecule has 118 heavy (non-hydrogen) atoms. The van der Waals surface area contributed by atoms with Gasteiger partial charge in [-0.2, -0.15) is 0 Å². The number of aliphatic carboxylic acids is 1. The highest BCUT2D eigenvalue weighted by Crippen LogP contribution is 2.25. The highest BCUT2D eigenvalue weighted by molar-refractivity contribution is 8.76. The number of rotatable bonds is 22. The van der Waals surface area contributed by atoms with Crippen LogP contribution in [0.2, 0.25) is 0 Å². The molecule has 1 aromatic heterocycles. The number of benzene rings is 5. The Morgan fingerprint density at radius 2 is 1.02 bits per heavy atom. The van der Waals surface area contributed by atoms with Gasteiger partial charge in [0.25, 0.3) is 0 Å². The molecular formula is C81H105N17O18S2. The van der Waals surface area contributed by atoms with E-state index in [9.17, 15) is 63.6 Å². The molecule has 8 rings (SSSR count). The topological polar surface area (TPSA) is 556 Å². The zero-order chi connectivity index (χ0) is 85.4. The van der Waals surface area contributed by atoms with Crippen LogP contribution in [0.3, 0.4) is 0 Å². The number of amides is 13. The molecule has 2 bridgehead atoms. The van der Waals surface area contributed by atoms with E-state index in [4.69, 9.17) is 11.5 Å². The van der Waals surface area contributed by atoms with Gasteiger partial charge >= 0.3 is 5.97 Å². The van der Waals surface area contributed by atoms with Crippen LogP contribution in [0.5, 0.6) is 5.75 Å². The van der Waals surface area contributed by atoms with E-state index in [0.29, 0.717) is 51.7 Å². The van der Waals surface area contributed by atoms with E-state index in [0.717, 1.165) is 27.2 Å². The number of carboxylic acid groups (broad SMARTS) is 1. The fourth-order valence-corrected chi connectivity index (χ4v) is 15.1. The van der Waals surface area contributed by atoms with Gasteiger partial charge in [0.1, 0.15) is 72.2 Å². The Morgan fingerprint density at radius 1 is 0.517 bits per heavy atom. The van der Waals surface area contributed by atoms with Gasteiger partial charge in [-0.05, 0) is 104 Å². The van der Waals surface area contributed by atoms with Crippen molar-refractivity contribution in [2.45, 2.75) is 183 Å². The SMILES string of the molecule is CC(C)NCc1ccc(C[C@@H]2NC(=O)[C@@H](Cc3c[nH]c4ccccc34)NC(=O)[C@@H]3CCC(=O)NCC(=O)NCC[C@H](NC(=O)[C@H](Cc4ccccc4)NC(=O)[C@@H]([C@@H](C)O)NC2=O)C(=O)N[C@@H](CO)C(=O)N[C@H](C(=O)O)CSSC[C@H](NC(=O)[C@@H](N)Cc2ccc(O)cc2)C(=O)N[C@@H](CCCCN)C(=O)N[C@@H](Cc2ccccc2)C(=O)N3)cc1. The van der Waals surface area contributed by atoms with Crippen molar-refractivity contribution in [3.8, 4) is 5.75 Å². The van der Waals surface area contributed by atoms with Gasteiger partial charge in [0.2, 0.25) is 76.8 Å². The maximum atomic E-state index is 15.6. The molecular weight excluding hydrogens is 1560 g/mol. The Bertz CT molecular complexity index is 4430. The smallest absolute Gasteiger partial charge is 0.327 e. The zero-order valence-corrected chi connectivity index (χ0v) is 67.2. The highest BCUT2D eigenvalue weighted by atomic mass is 33.1. The van der Waals surface area contributed by atoms with Crippen LogP contribution in [0.25, 0.3) is 10.9 Å². The molecule has 2 saturated heterocycles. The molecule has 13 atom stereocenters. The molecule has 0 aliphatic carbocycles. The molecule has 5 aromatic carbocycles. The number of phenolic OH excluding ortho intramolecular Hbond substituents is 1. The van der Waals surface area contributed by atoms with E-state index in [2.05, 4.69) is 79.4 Å².